The van der Waals surface area contributed by atoms with Crippen molar-refractivity contribution in [3.63, 3.8) is 0 Å². The molecule has 2 aromatic carbocycles. The summed E-state index contributed by atoms with van der Waals surface area (Å²) in [5, 5.41) is 0. The van der Waals surface area contributed by atoms with Gasteiger partial charge in [-0.15, -0.1) is 0 Å². The van der Waals surface area contributed by atoms with Crippen LogP contribution in [0.3, 0.4) is 0 Å². The van der Waals surface area contributed by atoms with Crippen LogP contribution in [0.1, 0.15) is 17.3 Å². The molecular weight excluding hydrogens is 413 g/mol. The first kappa shape index (κ1) is 22.5. The Bertz CT molecular complexity index is 1030. The molecule has 162 valence electrons. The van der Waals surface area contributed by atoms with Crippen LogP contribution in [0.15, 0.2) is 90.0 Å². The summed E-state index contributed by atoms with van der Waals surface area (Å²) in [5.74, 6) is -0.595. The van der Waals surface area contributed by atoms with Crippen molar-refractivity contribution in [3.8, 4) is 0 Å². The second-order valence-electron chi connectivity index (χ2n) is 7.03. The van der Waals surface area contributed by atoms with E-state index in [-0.39, 0.29) is 11.6 Å². The van der Waals surface area contributed by atoms with Crippen molar-refractivity contribution >= 4 is 22.6 Å². The molecule has 7 heteroatoms. The number of allylic oxidation sites excluding steroid dienone is 4. The van der Waals surface area contributed by atoms with E-state index >= 15 is 0 Å². The van der Waals surface area contributed by atoms with Gasteiger partial charge in [-0.2, -0.15) is 0 Å². The Balaban J connectivity index is 1.62. The van der Waals surface area contributed by atoms with Crippen LogP contribution in [0.4, 0.5) is 10.1 Å². The number of rotatable bonds is 7. The number of amides is 1. The Labute approximate surface area is 185 Å². The molecule has 1 unspecified atom stereocenters. The molecule has 1 amide bonds. The number of para-hydroxylation sites is 1. The molecule has 1 N–H and O–H groups in total. The maximum atomic E-state index is 13.8. The van der Waals surface area contributed by atoms with Gasteiger partial charge in [0.1, 0.15) is 16.8 Å². The van der Waals surface area contributed by atoms with Gasteiger partial charge in [-0.25, -0.2) is 8.60 Å². The Morgan fingerprint density at radius 1 is 1.06 bits per heavy atom. The fraction of sp³-hybridized carbons (Fsp3) is 0.208. The highest BCUT2D eigenvalue weighted by molar-refractivity contribution is 7.86. The maximum absolute atomic E-state index is 13.8. The Morgan fingerprint density at radius 3 is 2.48 bits per heavy atom. The van der Waals surface area contributed by atoms with E-state index in [1.807, 2.05) is 31.2 Å². The summed E-state index contributed by atoms with van der Waals surface area (Å²) in [6.07, 6.45) is 7.80. The fourth-order valence-corrected chi connectivity index (χ4v) is 4.13. The Hall–Kier alpha value is -3.19. The number of nitrogens with zero attached hydrogens (tertiary/aromatic N) is 2. The van der Waals surface area contributed by atoms with Gasteiger partial charge in [-0.05, 0) is 43.3 Å². The van der Waals surface area contributed by atoms with Gasteiger partial charge in [0.15, 0.2) is 0 Å². The molecule has 31 heavy (non-hydrogen) atoms. The number of hydrogen-bond acceptors (Lipinski definition) is 3. The van der Waals surface area contributed by atoms with Crippen molar-refractivity contribution in [2.24, 2.45) is 0 Å². The van der Waals surface area contributed by atoms with E-state index in [1.54, 1.807) is 41.3 Å². The molecular formula is C24H26FN3O2S. The van der Waals surface area contributed by atoms with Crippen molar-refractivity contribution in [2.45, 2.75) is 11.8 Å². The summed E-state index contributed by atoms with van der Waals surface area (Å²) in [5.41, 5.74) is 1.53. The third-order valence-electron chi connectivity index (χ3n) is 4.94. The van der Waals surface area contributed by atoms with Crippen molar-refractivity contribution in [3.05, 3.63) is 96.5 Å². The van der Waals surface area contributed by atoms with Gasteiger partial charge in [-0.3, -0.25) is 9.52 Å². The number of hydrogen-bond donors (Lipinski definition) is 1. The summed E-state index contributed by atoms with van der Waals surface area (Å²) >= 11 is 0. The average molecular weight is 440 g/mol. The van der Waals surface area contributed by atoms with E-state index in [4.69, 9.17) is 0 Å². The Kier molecular flexibility index (Phi) is 7.78. The minimum absolute atomic E-state index is 0.112. The van der Waals surface area contributed by atoms with E-state index in [0.717, 1.165) is 5.70 Å². The first-order chi connectivity index (χ1) is 15.0. The topological polar surface area (TPSA) is 52.7 Å². The lowest BCUT2D eigenvalue weighted by atomic mass is 10.1. The molecule has 0 bridgehead atoms. The van der Waals surface area contributed by atoms with Gasteiger partial charge in [-0.1, -0.05) is 43.0 Å². The minimum Gasteiger partial charge on any atom is -0.368 e. The summed E-state index contributed by atoms with van der Waals surface area (Å²) in [4.78, 5) is 17.3. The SMILES string of the molecule is C=C(/C=C\C=C/C)N1CCN(C(=O)c2cccc(S(=O)Nc3ccccc3F)c2)CC1. The standard InChI is InChI=1S/C24H26FN3O2S/c1-3-4-5-9-19(2)27-14-16-28(17-15-27)24(29)20-10-8-11-21(18-20)31(30)26-23-13-7-6-12-22(23)25/h3-13,18,26H,2,14-17H2,1H3/b4-3-,9-5-. The van der Waals surface area contributed by atoms with Crippen LogP contribution < -0.4 is 4.72 Å². The van der Waals surface area contributed by atoms with Crippen LogP contribution >= 0.6 is 0 Å². The van der Waals surface area contributed by atoms with Gasteiger partial charge in [0.25, 0.3) is 5.91 Å². The van der Waals surface area contributed by atoms with Gasteiger partial charge in [0.2, 0.25) is 0 Å². The van der Waals surface area contributed by atoms with Crippen LogP contribution in [0.2, 0.25) is 0 Å². The molecule has 0 aliphatic carbocycles. The highest BCUT2D eigenvalue weighted by atomic mass is 32.2. The summed E-state index contributed by atoms with van der Waals surface area (Å²) in [6, 6.07) is 12.7. The molecule has 0 aromatic heterocycles. The number of carbonyl (C=O) groups excluding carboxylic acids is 1. The number of piperazine rings is 1. The number of benzene rings is 2. The largest absolute Gasteiger partial charge is 0.368 e. The van der Waals surface area contributed by atoms with E-state index < -0.39 is 16.8 Å². The molecule has 5 nitrogen and oxygen atoms in total. The van der Waals surface area contributed by atoms with Crippen LogP contribution in [-0.4, -0.2) is 46.1 Å². The molecule has 0 radical (unpaired) electrons. The zero-order chi connectivity index (χ0) is 22.2. The lowest BCUT2D eigenvalue weighted by molar-refractivity contribution is 0.0672. The molecule has 1 fully saturated rings. The molecule has 3 rings (SSSR count). The Morgan fingerprint density at radius 2 is 1.77 bits per heavy atom. The summed E-state index contributed by atoms with van der Waals surface area (Å²) in [7, 11) is -1.69. The number of nitrogens with one attached hydrogen (secondary N) is 1. The second-order valence-corrected chi connectivity index (χ2v) is 8.25. The van der Waals surface area contributed by atoms with E-state index in [0.29, 0.717) is 36.6 Å². The normalized spacial score (nSPS) is 15.4. The van der Waals surface area contributed by atoms with Gasteiger partial charge >= 0.3 is 0 Å². The molecule has 1 atom stereocenters. The van der Waals surface area contributed by atoms with Gasteiger partial charge in [0, 0.05) is 37.4 Å². The van der Waals surface area contributed by atoms with Crippen LogP contribution in [0.5, 0.6) is 0 Å². The van der Waals surface area contributed by atoms with Crippen LogP contribution in [-0.2, 0) is 11.0 Å². The minimum atomic E-state index is -1.69. The molecule has 0 saturated carbocycles. The summed E-state index contributed by atoms with van der Waals surface area (Å²) in [6.45, 7) is 8.60. The molecule has 2 aromatic rings. The highest BCUT2D eigenvalue weighted by Gasteiger charge is 2.22. The zero-order valence-electron chi connectivity index (χ0n) is 17.5. The quantitative estimate of drug-likeness (QED) is 0.652. The first-order valence-corrected chi connectivity index (χ1v) is 11.2. The van der Waals surface area contributed by atoms with Crippen molar-refractivity contribution in [1.82, 2.24) is 9.80 Å². The summed E-state index contributed by atoms with van der Waals surface area (Å²) < 4.78 is 29.1. The smallest absolute Gasteiger partial charge is 0.254 e. The monoisotopic (exact) mass is 439 g/mol. The van der Waals surface area contributed by atoms with Crippen LogP contribution in [0.25, 0.3) is 0 Å². The third kappa shape index (κ3) is 5.92. The fourth-order valence-electron chi connectivity index (χ4n) is 3.21. The van der Waals surface area contributed by atoms with Gasteiger partial charge < -0.3 is 9.80 Å². The maximum Gasteiger partial charge on any atom is 0.254 e. The van der Waals surface area contributed by atoms with E-state index in [1.165, 1.54) is 12.1 Å². The lowest BCUT2D eigenvalue weighted by Crippen LogP contribution is -2.47. The number of halogens is 1. The molecule has 1 aliphatic heterocycles. The van der Waals surface area contributed by atoms with E-state index in [2.05, 4.69) is 16.2 Å². The van der Waals surface area contributed by atoms with Crippen molar-refractivity contribution in [1.29, 1.82) is 0 Å². The van der Waals surface area contributed by atoms with Crippen molar-refractivity contribution in [2.75, 3.05) is 30.9 Å². The van der Waals surface area contributed by atoms with Crippen molar-refractivity contribution < 1.29 is 13.4 Å². The lowest BCUT2D eigenvalue weighted by Gasteiger charge is -2.36. The predicted molar refractivity (Wildman–Crippen MR) is 123 cm³/mol. The van der Waals surface area contributed by atoms with Gasteiger partial charge in [0.05, 0.1) is 10.6 Å². The molecule has 1 heterocycles. The van der Waals surface area contributed by atoms with Crippen LogP contribution in [0, 0.1) is 5.82 Å². The number of carbonyl (C=O) groups is 1. The van der Waals surface area contributed by atoms with E-state index in [9.17, 15) is 13.4 Å². The highest BCUT2D eigenvalue weighted by Crippen LogP contribution is 2.19. The zero-order valence-corrected chi connectivity index (χ0v) is 18.3. The molecule has 1 aliphatic rings. The first-order valence-electron chi connectivity index (χ1n) is 10.0. The molecule has 0 spiro atoms. The predicted octanol–water partition coefficient (Wildman–Crippen LogP) is 4.36. The average Bonchev–Trinajstić information content (AvgIpc) is 2.80. The second kappa shape index (κ2) is 10.7. The number of anilines is 1. The third-order valence-corrected chi connectivity index (χ3v) is 6.02. The molecule has 1 saturated heterocycles.